The van der Waals surface area contributed by atoms with Crippen LogP contribution in [0, 0.1) is 0 Å². The third-order valence-electron chi connectivity index (χ3n) is 1.64. The van der Waals surface area contributed by atoms with Gasteiger partial charge in [0.1, 0.15) is 5.15 Å². The molecule has 0 aliphatic carbocycles. The van der Waals surface area contributed by atoms with Gasteiger partial charge in [0, 0.05) is 18.8 Å². The van der Waals surface area contributed by atoms with Crippen molar-refractivity contribution in [2.45, 2.75) is 12.7 Å². The van der Waals surface area contributed by atoms with Crippen LogP contribution < -0.4 is 0 Å². The molecule has 7 heteroatoms. The van der Waals surface area contributed by atoms with Crippen LogP contribution in [0.25, 0.3) is 0 Å². The Balaban J connectivity index is 3.06. The maximum absolute atomic E-state index is 12.3. The molecule has 1 aromatic heterocycles. The Kier molecular flexibility index (Phi) is 3.54. The van der Waals surface area contributed by atoms with Crippen molar-refractivity contribution in [3.05, 3.63) is 28.5 Å². The van der Waals surface area contributed by atoms with Gasteiger partial charge in [0.2, 0.25) is 0 Å². The van der Waals surface area contributed by atoms with E-state index in [0.29, 0.717) is 6.20 Å². The molecule has 0 unspecified atom stereocenters. The highest BCUT2D eigenvalue weighted by atomic mass is 35.5. The summed E-state index contributed by atoms with van der Waals surface area (Å²) in [6, 6.07) is 0.863. The molecule has 0 spiro atoms. The molecule has 1 N–H and O–H groups in total. The molecule has 0 amide bonds. The quantitative estimate of drug-likeness (QED) is 0.638. The molecule has 84 valence electrons. The fraction of sp³-hybridized carbons (Fsp3) is 0.375. The summed E-state index contributed by atoms with van der Waals surface area (Å²) in [4.78, 5) is 3.41. The van der Waals surface area contributed by atoms with Crippen molar-refractivity contribution in [1.29, 1.82) is 0 Å². The Morgan fingerprint density at radius 1 is 1.53 bits per heavy atom. The zero-order valence-corrected chi connectivity index (χ0v) is 8.47. The lowest BCUT2D eigenvalue weighted by Gasteiger charge is -2.12. The van der Waals surface area contributed by atoms with Gasteiger partial charge in [0.05, 0.1) is 12.1 Å². The summed E-state index contributed by atoms with van der Waals surface area (Å²) < 4.78 is 36.8. The van der Waals surface area contributed by atoms with E-state index in [1.54, 1.807) is 0 Å². The molecule has 0 saturated heterocycles. The fourth-order valence-corrected chi connectivity index (χ4v) is 1.17. The molecule has 1 aromatic rings. The smallest absolute Gasteiger partial charge is 0.314 e. The lowest BCUT2D eigenvalue weighted by molar-refractivity contribution is -0.138. The molecule has 0 aliphatic heterocycles. The monoisotopic (exact) mass is 240 g/mol. The highest BCUT2D eigenvalue weighted by molar-refractivity contribution is 6.30. The van der Waals surface area contributed by atoms with Gasteiger partial charge in [-0.1, -0.05) is 11.6 Å². The van der Waals surface area contributed by atoms with Gasteiger partial charge in [-0.2, -0.15) is 18.2 Å². The second kappa shape index (κ2) is 4.34. The van der Waals surface area contributed by atoms with Crippen molar-refractivity contribution >= 4 is 11.6 Å². The highest BCUT2D eigenvalue weighted by Gasteiger charge is 2.31. The van der Waals surface area contributed by atoms with Crippen molar-refractivity contribution < 1.29 is 18.4 Å². The van der Waals surface area contributed by atoms with Gasteiger partial charge in [-0.3, -0.25) is 0 Å². The minimum absolute atomic E-state index is 0.0519. The van der Waals surface area contributed by atoms with Crippen LogP contribution in [0.2, 0.25) is 5.15 Å². The van der Waals surface area contributed by atoms with Crippen molar-refractivity contribution in [2.24, 2.45) is 0 Å². The minimum Gasteiger partial charge on any atom is -0.314 e. The summed E-state index contributed by atoms with van der Waals surface area (Å²) >= 11 is 5.57. The Bertz CT molecular complexity index is 354. The summed E-state index contributed by atoms with van der Waals surface area (Å²) in [7, 11) is 1.30. The Labute approximate surface area is 89.1 Å². The lowest BCUT2D eigenvalue weighted by Crippen LogP contribution is -2.14. The van der Waals surface area contributed by atoms with E-state index in [9.17, 15) is 13.2 Å². The summed E-state index contributed by atoms with van der Waals surface area (Å²) in [6.45, 7) is -0.115. The van der Waals surface area contributed by atoms with Crippen molar-refractivity contribution in [2.75, 3.05) is 7.05 Å². The largest absolute Gasteiger partial charge is 0.417 e. The van der Waals surface area contributed by atoms with Crippen molar-refractivity contribution in [1.82, 2.24) is 10.0 Å². The Morgan fingerprint density at radius 2 is 2.13 bits per heavy atom. The predicted molar refractivity (Wildman–Crippen MR) is 47.5 cm³/mol. The van der Waals surface area contributed by atoms with Crippen LogP contribution >= 0.6 is 11.6 Å². The molecule has 15 heavy (non-hydrogen) atoms. The molecule has 0 aliphatic rings. The summed E-state index contributed by atoms with van der Waals surface area (Å²) in [5.41, 5.74) is -0.764. The maximum atomic E-state index is 12.3. The number of hydrogen-bond acceptors (Lipinski definition) is 3. The lowest BCUT2D eigenvalue weighted by atomic mass is 10.2. The van der Waals surface area contributed by atoms with E-state index >= 15 is 0 Å². The van der Waals surface area contributed by atoms with Crippen LogP contribution in [0.15, 0.2) is 12.3 Å². The Hall–Kier alpha value is -0.850. The molecule has 0 aromatic carbocycles. The molecule has 0 fully saturated rings. The first kappa shape index (κ1) is 12.2. The van der Waals surface area contributed by atoms with Crippen molar-refractivity contribution in [3.63, 3.8) is 0 Å². The minimum atomic E-state index is -4.46. The van der Waals surface area contributed by atoms with E-state index in [2.05, 4.69) is 4.98 Å². The fourth-order valence-electron chi connectivity index (χ4n) is 1.01. The first-order valence-electron chi connectivity index (χ1n) is 3.92. The molecule has 0 radical (unpaired) electrons. The second-order valence-electron chi connectivity index (χ2n) is 2.99. The normalized spacial score (nSPS) is 12.2. The number of alkyl halides is 3. The van der Waals surface area contributed by atoms with E-state index in [1.807, 2.05) is 0 Å². The van der Waals surface area contributed by atoms with Crippen LogP contribution in [0.4, 0.5) is 13.2 Å². The van der Waals surface area contributed by atoms with Gasteiger partial charge in [-0.05, 0) is 6.07 Å². The standard InChI is InChI=1S/C8H8ClF3N2O/c1-14(15)4-5-2-6(8(10,11)12)3-13-7(5)9/h2-3,15H,4H2,1H3. The summed E-state index contributed by atoms with van der Waals surface area (Å²) in [5, 5.41) is 9.56. The van der Waals surface area contributed by atoms with Crippen molar-refractivity contribution in [3.8, 4) is 0 Å². The average Bonchev–Trinajstić information content (AvgIpc) is 2.06. The zero-order chi connectivity index (χ0) is 11.6. The number of hydrogen-bond donors (Lipinski definition) is 1. The highest BCUT2D eigenvalue weighted by Crippen LogP contribution is 2.30. The number of halogens is 4. The number of hydroxylamine groups is 2. The number of aromatic nitrogens is 1. The first-order valence-corrected chi connectivity index (χ1v) is 4.30. The first-order chi connectivity index (χ1) is 6.80. The van der Waals surface area contributed by atoms with Gasteiger partial charge >= 0.3 is 6.18 Å². The second-order valence-corrected chi connectivity index (χ2v) is 3.35. The molecule has 1 heterocycles. The predicted octanol–water partition coefficient (Wildman–Crippen LogP) is 2.57. The molecule has 0 bridgehead atoms. The Morgan fingerprint density at radius 3 is 2.60 bits per heavy atom. The van der Waals surface area contributed by atoms with Crippen LogP contribution in [0.3, 0.4) is 0 Å². The average molecular weight is 241 g/mol. The number of rotatable bonds is 2. The van der Waals surface area contributed by atoms with E-state index < -0.39 is 11.7 Å². The van der Waals surface area contributed by atoms with Gasteiger partial charge in [-0.15, -0.1) is 0 Å². The maximum Gasteiger partial charge on any atom is 0.417 e. The van der Waals surface area contributed by atoms with Crippen LogP contribution in [-0.4, -0.2) is 22.3 Å². The van der Waals surface area contributed by atoms with Gasteiger partial charge in [-0.25, -0.2) is 4.98 Å². The number of pyridine rings is 1. The van der Waals surface area contributed by atoms with E-state index in [0.717, 1.165) is 11.1 Å². The van der Waals surface area contributed by atoms with Gasteiger partial charge in [0.25, 0.3) is 0 Å². The zero-order valence-electron chi connectivity index (χ0n) is 7.72. The van der Waals surface area contributed by atoms with Crippen LogP contribution in [0.1, 0.15) is 11.1 Å². The SMILES string of the molecule is CN(O)Cc1cc(C(F)(F)F)cnc1Cl. The number of nitrogens with zero attached hydrogens (tertiary/aromatic N) is 2. The van der Waals surface area contributed by atoms with Gasteiger partial charge < -0.3 is 5.21 Å². The summed E-state index contributed by atoms with van der Waals surface area (Å²) in [6.07, 6.45) is -3.80. The molecule has 0 saturated carbocycles. The third kappa shape index (κ3) is 3.33. The van der Waals surface area contributed by atoms with Gasteiger partial charge in [0.15, 0.2) is 0 Å². The van der Waals surface area contributed by atoms with E-state index in [4.69, 9.17) is 16.8 Å². The van der Waals surface area contributed by atoms with E-state index in [-0.39, 0.29) is 17.3 Å². The van der Waals surface area contributed by atoms with E-state index in [1.165, 1.54) is 7.05 Å². The van der Waals surface area contributed by atoms with Crippen LogP contribution in [-0.2, 0) is 12.7 Å². The molecular formula is C8H8ClF3N2O. The molecule has 0 atom stereocenters. The topological polar surface area (TPSA) is 36.4 Å². The van der Waals surface area contributed by atoms with Crippen LogP contribution in [0.5, 0.6) is 0 Å². The molecule has 1 rings (SSSR count). The molecular weight excluding hydrogens is 233 g/mol. The third-order valence-corrected chi connectivity index (χ3v) is 1.98. The summed E-state index contributed by atoms with van der Waals surface area (Å²) in [5.74, 6) is 0. The molecule has 3 nitrogen and oxygen atoms in total.